The molecule has 82 valence electrons. The fourth-order valence-electron chi connectivity index (χ4n) is 2.00. The fourth-order valence-corrected chi connectivity index (χ4v) is 2.00. The molecule has 0 saturated carbocycles. The van der Waals surface area contributed by atoms with E-state index in [-0.39, 0.29) is 5.56 Å². The first-order chi connectivity index (χ1) is 7.86. The number of pyridine rings is 1. The van der Waals surface area contributed by atoms with Gasteiger partial charge in [0, 0.05) is 11.9 Å². The zero-order valence-electron chi connectivity index (χ0n) is 8.75. The minimum Gasteiger partial charge on any atom is -0.486 e. The van der Waals surface area contributed by atoms with Crippen molar-refractivity contribution in [3.63, 3.8) is 0 Å². The van der Waals surface area contributed by atoms with Gasteiger partial charge in [0.1, 0.15) is 0 Å². The molecule has 0 aliphatic carbocycles. The van der Waals surface area contributed by atoms with E-state index >= 15 is 0 Å². The topological polar surface area (TPSA) is 54.1 Å². The molecule has 0 spiro atoms. The Morgan fingerprint density at radius 1 is 1.25 bits per heavy atom. The quantitative estimate of drug-likeness (QED) is 0.705. The van der Waals surface area contributed by atoms with Gasteiger partial charge >= 0.3 is 0 Å². The smallest absolute Gasteiger partial charge is 0.292 e. The van der Waals surface area contributed by atoms with E-state index in [0.29, 0.717) is 12.4 Å². The molecule has 2 heterocycles. The van der Waals surface area contributed by atoms with Crippen molar-refractivity contribution in [3.8, 4) is 5.75 Å². The lowest BCUT2D eigenvalue weighted by Crippen LogP contribution is -2.12. The second-order valence-corrected chi connectivity index (χ2v) is 3.83. The Morgan fingerprint density at radius 3 is 3.06 bits per heavy atom. The number of H-pyrrole nitrogens is 1. The Bertz CT molecular complexity index is 589. The van der Waals surface area contributed by atoms with Gasteiger partial charge in [-0.3, -0.25) is 4.79 Å². The lowest BCUT2D eigenvalue weighted by atomic mass is 10.2. The van der Waals surface area contributed by atoms with Gasteiger partial charge in [-0.25, -0.2) is 0 Å². The van der Waals surface area contributed by atoms with Gasteiger partial charge in [0.15, 0.2) is 0 Å². The van der Waals surface area contributed by atoms with E-state index in [2.05, 4.69) is 10.3 Å². The van der Waals surface area contributed by atoms with Gasteiger partial charge in [-0.05, 0) is 12.5 Å². The number of hydrogen-bond acceptors (Lipinski definition) is 3. The summed E-state index contributed by atoms with van der Waals surface area (Å²) in [6, 6.07) is 7.73. The van der Waals surface area contributed by atoms with Crippen molar-refractivity contribution >= 4 is 16.6 Å². The van der Waals surface area contributed by atoms with Crippen molar-refractivity contribution in [1.29, 1.82) is 0 Å². The highest BCUT2D eigenvalue weighted by Gasteiger charge is 2.15. The third-order valence-electron chi connectivity index (χ3n) is 2.75. The number of ether oxygens (including phenoxy) is 1. The van der Waals surface area contributed by atoms with Crippen LogP contribution in [0, 0.1) is 0 Å². The maximum Gasteiger partial charge on any atom is 0.292 e. The number of rotatable bonds is 0. The fraction of sp³-hybridized carbons (Fsp3) is 0.250. The number of para-hydroxylation sites is 1. The first kappa shape index (κ1) is 9.27. The zero-order chi connectivity index (χ0) is 11.0. The first-order valence-corrected chi connectivity index (χ1v) is 5.38. The third-order valence-corrected chi connectivity index (χ3v) is 2.75. The van der Waals surface area contributed by atoms with Crippen molar-refractivity contribution in [2.24, 2.45) is 0 Å². The van der Waals surface area contributed by atoms with E-state index in [9.17, 15) is 4.79 Å². The SMILES string of the molecule is O=c1[nH]c2ccccc2c2c1OCCCN2. The van der Waals surface area contributed by atoms with E-state index < -0.39 is 0 Å². The standard InChI is InChI=1S/C12H12N2O2/c15-12-11-10(13-6-3-7-16-11)8-4-1-2-5-9(8)14-12/h1-2,4-5,13H,3,6-7H2,(H,14,15). The van der Waals surface area contributed by atoms with Crippen molar-refractivity contribution in [3.05, 3.63) is 34.6 Å². The third kappa shape index (κ3) is 1.34. The molecule has 1 aliphatic heterocycles. The molecule has 0 radical (unpaired) electrons. The summed E-state index contributed by atoms with van der Waals surface area (Å²) in [4.78, 5) is 14.6. The highest BCUT2D eigenvalue weighted by atomic mass is 16.5. The molecule has 16 heavy (non-hydrogen) atoms. The van der Waals surface area contributed by atoms with Crippen LogP contribution in [0.25, 0.3) is 10.9 Å². The van der Waals surface area contributed by atoms with Crippen LogP contribution in [0.15, 0.2) is 29.1 Å². The first-order valence-electron chi connectivity index (χ1n) is 5.38. The minimum atomic E-state index is -0.164. The largest absolute Gasteiger partial charge is 0.486 e. The van der Waals surface area contributed by atoms with Gasteiger partial charge < -0.3 is 15.0 Å². The second kappa shape index (κ2) is 3.56. The number of anilines is 1. The molecule has 4 heteroatoms. The number of aromatic nitrogens is 1. The van der Waals surface area contributed by atoms with E-state index in [1.165, 1.54) is 0 Å². The van der Waals surface area contributed by atoms with Gasteiger partial charge in [-0.2, -0.15) is 0 Å². The van der Waals surface area contributed by atoms with Crippen LogP contribution in [0.3, 0.4) is 0 Å². The van der Waals surface area contributed by atoms with Crippen LogP contribution in [0.2, 0.25) is 0 Å². The van der Waals surface area contributed by atoms with Crippen molar-refractivity contribution < 1.29 is 4.74 Å². The average molecular weight is 216 g/mol. The normalized spacial score (nSPS) is 14.8. The Labute approximate surface area is 92.2 Å². The molecule has 0 unspecified atom stereocenters. The van der Waals surface area contributed by atoms with E-state index in [0.717, 1.165) is 29.6 Å². The highest BCUT2D eigenvalue weighted by molar-refractivity contribution is 5.94. The summed E-state index contributed by atoms with van der Waals surface area (Å²) >= 11 is 0. The molecule has 0 atom stereocenters. The number of nitrogens with one attached hydrogen (secondary N) is 2. The second-order valence-electron chi connectivity index (χ2n) is 3.83. The Balaban J connectivity index is 2.37. The highest BCUT2D eigenvalue weighted by Crippen LogP contribution is 2.29. The van der Waals surface area contributed by atoms with Gasteiger partial charge in [-0.1, -0.05) is 18.2 Å². The maximum absolute atomic E-state index is 11.8. The van der Waals surface area contributed by atoms with Crippen LogP contribution in [-0.4, -0.2) is 18.1 Å². The molecule has 3 rings (SSSR count). The zero-order valence-corrected chi connectivity index (χ0v) is 8.75. The predicted molar refractivity (Wildman–Crippen MR) is 63.2 cm³/mol. The molecular formula is C12H12N2O2. The molecule has 2 N–H and O–H groups in total. The minimum absolute atomic E-state index is 0.164. The molecular weight excluding hydrogens is 204 g/mol. The molecule has 0 saturated heterocycles. The Kier molecular flexibility index (Phi) is 2.06. The van der Waals surface area contributed by atoms with Crippen LogP contribution < -0.4 is 15.6 Å². The van der Waals surface area contributed by atoms with Gasteiger partial charge in [-0.15, -0.1) is 0 Å². The molecule has 4 nitrogen and oxygen atoms in total. The molecule has 0 amide bonds. The molecule has 0 fully saturated rings. The number of aromatic amines is 1. The molecule has 1 aromatic heterocycles. The molecule has 0 bridgehead atoms. The monoisotopic (exact) mass is 216 g/mol. The lowest BCUT2D eigenvalue weighted by molar-refractivity contribution is 0.319. The molecule has 1 aliphatic rings. The van der Waals surface area contributed by atoms with Crippen molar-refractivity contribution in [2.45, 2.75) is 6.42 Å². The van der Waals surface area contributed by atoms with Crippen LogP contribution in [-0.2, 0) is 0 Å². The van der Waals surface area contributed by atoms with Gasteiger partial charge in [0.05, 0.1) is 17.8 Å². The average Bonchev–Trinajstić information content (AvgIpc) is 2.55. The van der Waals surface area contributed by atoms with Crippen molar-refractivity contribution in [1.82, 2.24) is 4.98 Å². The van der Waals surface area contributed by atoms with Crippen LogP contribution in [0.4, 0.5) is 5.69 Å². The number of hydrogen-bond donors (Lipinski definition) is 2. The summed E-state index contributed by atoms with van der Waals surface area (Å²) in [6.07, 6.45) is 0.905. The van der Waals surface area contributed by atoms with Crippen LogP contribution >= 0.6 is 0 Å². The summed E-state index contributed by atoms with van der Waals surface area (Å²) in [5.41, 5.74) is 1.49. The van der Waals surface area contributed by atoms with Crippen molar-refractivity contribution in [2.75, 3.05) is 18.5 Å². The van der Waals surface area contributed by atoms with Gasteiger partial charge in [0.25, 0.3) is 5.56 Å². The molecule has 1 aromatic carbocycles. The number of benzene rings is 1. The van der Waals surface area contributed by atoms with E-state index in [1.54, 1.807) is 0 Å². The molecule has 2 aromatic rings. The van der Waals surface area contributed by atoms with Crippen LogP contribution in [0.1, 0.15) is 6.42 Å². The Morgan fingerprint density at radius 2 is 2.12 bits per heavy atom. The lowest BCUT2D eigenvalue weighted by Gasteiger charge is -2.09. The summed E-state index contributed by atoms with van der Waals surface area (Å²) in [5, 5.41) is 4.26. The predicted octanol–water partition coefficient (Wildman–Crippen LogP) is 1.72. The van der Waals surface area contributed by atoms with E-state index in [4.69, 9.17) is 4.74 Å². The summed E-state index contributed by atoms with van der Waals surface area (Å²) < 4.78 is 5.48. The summed E-state index contributed by atoms with van der Waals surface area (Å²) in [7, 11) is 0. The van der Waals surface area contributed by atoms with E-state index in [1.807, 2.05) is 24.3 Å². The number of fused-ring (bicyclic) bond motifs is 3. The van der Waals surface area contributed by atoms with Crippen LogP contribution in [0.5, 0.6) is 5.75 Å². The van der Waals surface area contributed by atoms with Gasteiger partial charge in [0.2, 0.25) is 5.75 Å². The Hall–Kier alpha value is -1.97. The summed E-state index contributed by atoms with van der Waals surface area (Å²) in [6.45, 7) is 1.42. The summed E-state index contributed by atoms with van der Waals surface area (Å²) in [5.74, 6) is 0.413. The maximum atomic E-state index is 11.8.